The molecule has 0 atom stereocenters. The number of para-hydroxylation sites is 3. The van der Waals surface area contributed by atoms with E-state index < -0.39 is 0 Å². The van der Waals surface area contributed by atoms with Crippen LogP contribution >= 0.6 is 0 Å². The number of ether oxygens (including phenoxy) is 2. The second-order valence-electron chi connectivity index (χ2n) is 5.82. The van der Waals surface area contributed by atoms with Crippen molar-refractivity contribution < 1.29 is 13.9 Å². The molecule has 1 aromatic heterocycles. The van der Waals surface area contributed by atoms with Crippen LogP contribution in [0.25, 0.3) is 22.4 Å². The zero-order chi connectivity index (χ0) is 17.9. The first-order valence-corrected chi connectivity index (χ1v) is 8.24. The van der Waals surface area contributed by atoms with Crippen molar-refractivity contribution in [2.24, 2.45) is 0 Å². The number of aromatic nitrogens is 2. The van der Waals surface area contributed by atoms with Crippen molar-refractivity contribution in [2.45, 2.75) is 6.61 Å². The summed E-state index contributed by atoms with van der Waals surface area (Å²) < 4.78 is 25.3. The molecule has 0 fully saturated rings. The summed E-state index contributed by atoms with van der Waals surface area (Å²) in [7, 11) is 1.58. The molecule has 0 aliphatic carbocycles. The summed E-state index contributed by atoms with van der Waals surface area (Å²) in [5.41, 5.74) is 3.04. The lowest BCUT2D eigenvalue weighted by Crippen LogP contribution is -2.01. The summed E-state index contributed by atoms with van der Waals surface area (Å²) in [6.45, 7) is 0.0975. The molecule has 1 heterocycles. The third-order valence-corrected chi connectivity index (χ3v) is 4.17. The zero-order valence-corrected chi connectivity index (χ0v) is 14.2. The lowest BCUT2D eigenvalue weighted by molar-refractivity contribution is 0.281. The maximum atomic E-state index is 13.9. The minimum atomic E-state index is -0.298. The van der Waals surface area contributed by atoms with Crippen LogP contribution in [0.3, 0.4) is 0 Å². The van der Waals surface area contributed by atoms with Gasteiger partial charge in [0.05, 0.1) is 23.7 Å². The normalized spacial score (nSPS) is 10.8. The number of methoxy groups -OCH3 is 1. The van der Waals surface area contributed by atoms with Gasteiger partial charge in [-0.25, -0.2) is 9.37 Å². The monoisotopic (exact) mass is 348 g/mol. The molecule has 0 bridgehead atoms. The van der Waals surface area contributed by atoms with E-state index in [0.29, 0.717) is 22.9 Å². The summed E-state index contributed by atoms with van der Waals surface area (Å²) in [5, 5.41) is 0. The van der Waals surface area contributed by atoms with Crippen molar-refractivity contribution in [1.29, 1.82) is 0 Å². The minimum absolute atomic E-state index is 0.0975. The molecule has 0 radical (unpaired) electrons. The first-order valence-electron chi connectivity index (χ1n) is 8.24. The van der Waals surface area contributed by atoms with Gasteiger partial charge >= 0.3 is 0 Å². The molecule has 5 heteroatoms. The van der Waals surface area contributed by atoms with Crippen LogP contribution in [0.4, 0.5) is 4.39 Å². The molecule has 0 amide bonds. The highest BCUT2D eigenvalue weighted by atomic mass is 19.1. The van der Waals surface area contributed by atoms with E-state index in [0.717, 1.165) is 16.6 Å². The third-order valence-electron chi connectivity index (χ3n) is 4.17. The van der Waals surface area contributed by atoms with Crippen LogP contribution in [-0.4, -0.2) is 17.1 Å². The minimum Gasteiger partial charge on any atom is -0.493 e. The van der Waals surface area contributed by atoms with Crippen LogP contribution in [-0.2, 0) is 6.61 Å². The van der Waals surface area contributed by atoms with Gasteiger partial charge in [0.1, 0.15) is 18.2 Å². The lowest BCUT2D eigenvalue weighted by Gasteiger charge is -2.14. The Bertz CT molecular complexity index is 1030. The predicted octanol–water partition coefficient (Wildman–Crippen LogP) is 4.96. The molecule has 1 N–H and O–H groups in total. The lowest BCUT2D eigenvalue weighted by atomic mass is 10.1. The molecular formula is C21H17FN2O2. The van der Waals surface area contributed by atoms with Crippen LogP contribution in [0.2, 0.25) is 0 Å². The van der Waals surface area contributed by atoms with E-state index in [-0.39, 0.29) is 12.4 Å². The maximum Gasteiger partial charge on any atom is 0.172 e. The van der Waals surface area contributed by atoms with E-state index in [1.807, 2.05) is 42.5 Å². The fourth-order valence-electron chi connectivity index (χ4n) is 2.86. The number of imidazole rings is 1. The van der Waals surface area contributed by atoms with Gasteiger partial charge in [0.2, 0.25) is 0 Å². The average molecular weight is 348 g/mol. The molecule has 0 aliphatic heterocycles. The largest absolute Gasteiger partial charge is 0.493 e. The van der Waals surface area contributed by atoms with Gasteiger partial charge in [0.25, 0.3) is 0 Å². The number of fused-ring (bicyclic) bond motifs is 1. The van der Waals surface area contributed by atoms with E-state index in [4.69, 9.17) is 9.47 Å². The Kier molecular flexibility index (Phi) is 4.27. The Balaban J connectivity index is 1.74. The topological polar surface area (TPSA) is 47.1 Å². The number of hydrogen-bond acceptors (Lipinski definition) is 3. The van der Waals surface area contributed by atoms with E-state index in [1.54, 1.807) is 25.3 Å². The molecule has 4 rings (SSSR count). The Morgan fingerprint density at radius 1 is 0.962 bits per heavy atom. The van der Waals surface area contributed by atoms with Gasteiger partial charge in [0.15, 0.2) is 11.5 Å². The summed E-state index contributed by atoms with van der Waals surface area (Å²) in [5.74, 6) is 1.47. The van der Waals surface area contributed by atoms with Crippen molar-refractivity contribution in [3.05, 3.63) is 78.1 Å². The van der Waals surface area contributed by atoms with Crippen molar-refractivity contribution in [3.8, 4) is 22.9 Å². The molecular weight excluding hydrogens is 331 g/mol. The number of nitrogens with zero attached hydrogens (tertiary/aromatic N) is 1. The van der Waals surface area contributed by atoms with Gasteiger partial charge in [0, 0.05) is 5.56 Å². The number of benzene rings is 3. The average Bonchev–Trinajstić information content (AvgIpc) is 3.11. The standard InChI is InChI=1S/C21H17FN2O2/c1-25-19-12-6-8-15(21-23-17-10-4-5-11-18(17)24-21)20(19)26-13-14-7-2-3-9-16(14)22/h2-12H,13H2,1H3,(H,23,24). The molecule has 26 heavy (non-hydrogen) atoms. The van der Waals surface area contributed by atoms with Gasteiger partial charge < -0.3 is 14.5 Å². The first kappa shape index (κ1) is 16.1. The highest BCUT2D eigenvalue weighted by Crippen LogP contribution is 2.38. The predicted molar refractivity (Wildman–Crippen MR) is 98.8 cm³/mol. The first-order chi connectivity index (χ1) is 12.8. The van der Waals surface area contributed by atoms with Crippen molar-refractivity contribution in [2.75, 3.05) is 7.11 Å². The molecule has 0 saturated heterocycles. The van der Waals surface area contributed by atoms with Crippen LogP contribution < -0.4 is 9.47 Å². The van der Waals surface area contributed by atoms with E-state index in [9.17, 15) is 4.39 Å². The van der Waals surface area contributed by atoms with Gasteiger partial charge in [-0.1, -0.05) is 36.4 Å². The fraction of sp³-hybridized carbons (Fsp3) is 0.0952. The zero-order valence-electron chi connectivity index (χ0n) is 14.2. The van der Waals surface area contributed by atoms with Crippen LogP contribution in [0.5, 0.6) is 11.5 Å². The van der Waals surface area contributed by atoms with Gasteiger partial charge in [-0.3, -0.25) is 0 Å². The molecule has 4 aromatic rings. The van der Waals surface area contributed by atoms with Crippen molar-refractivity contribution >= 4 is 11.0 Å². The molecule has 0 aliphatic rings. The molecule has 0 saturated carbocycles. The van der Waals surface area contributed by atoms with Gasteiger partial charge in [-0.15, -0.1) is 0 Å². The number of aromatic amines is 1. The molecule has 0 spiro atoms. The highest BCUT2D eigenvalue weighted by Gasteiger charge is 2.16. The van der Waals surface area contributed by atoms with Crippen LogP contribution in [0.1, 0.15) is 5.56 Å². The summed E-state index contributed by atoms with van der Waals surface area (Å²) in [6, 6.07) is 19.9. The van der Waals surface area contributed by atoms with Crippen molar-refractivity contribution in [3.63, 3.8) is 0 Å². The Morgan fingerprint density at radius 2 is 1.77 bits per heavy atom. The summed E-state index contributed by atoms with van der Waals surface area (Å²) in [6.07, 6.45) is 0. The van der Waals surface area contributed by atoms with E-state index in [2.05, 4.69) is 9.97 Å². The maximum absolute atomic E-state index is 13.9. The number of rotatable bonds is 5. The Hall–Kier alpha value is -3.34. The van der Waals surface area contributed by atoms with Crippen molar-refractivity contribution in [1.82, 2.24) is 9.97 Å². The highest BCUT2D eigenvalue weighted by molar-refractivity contribution is 5.81. The molecule has 4 nitrogen and oxygen atoms in total. The number of halogens is 1. The van der Waals surface area contributed by atoms with Crippen LogP contribution in [0.15, 0.2) is 66.7 Å². The fourth-order valence-corrected chi connectivity index (χ4v) is 2.86. The number of hydrogen-bond donors (Lipinski definition) is 1. The van der Waals surface area contributed by atoms with Gasteiger partial charge in [-0.05, 0) is 30.3 Å². The quantitative estimate of drug-likeness (QED) is 0.555. The number of nitrogens with one attached hydrogen (secondary N) is 1. The Morgan fingerprint density at radius 3 is 2.58 bits per heavy atom. The molecule has 0 unspecified atom stereocenters. The van der Waals surface area contributed by atoms with Gasteiger partial charge in [-0.2, -0.15) is 0 Å². The smallest absolute Gasteiger partial charge is 0.172 e. The SMILES string of the molecule is COc1cccc(-c2nc3ccccc3[nH]2)c1OCc1ccccc1F. The second-order valence-corrected chi connectivity index (χ2v) is 5.82. The third kappa shape index (κ3) is 2.99. The van der Waals surface area contributed by atoms with E-state index >= 15 is 0 Å². The van der Waals surface area contributed by atoms with E-state index in [1.165, 1.54) is 6.07 Å². The molecule has 130 valence electrons. The van der Waals surface area contributed by atoms with Crippen LogP contribution in [0, 0.1) is 5.82 Å². The second kappa shape index (κ2) is 6.88. The molecule has 3 aromatic carbocycles. The number of H-pyrrole nitrogens is 1. The Labute approximate surface area is 150 Å². The summed E-state index contributed by atoms with van der Waals surface area (Å²) >= 11 is 0. The summed E-state index contributed by atoms with van der Waals surface area (Å²) in [4.78, 5) is 7.92.